The van der Waals surface area contributed by atoms with Gasteiger partial charge in [0.1, 0.15) is 5.82 Å². The highest BCUT2D eigenvalue weighted by atomic mass is 15.2. The number of allylic oxidation sites excluding steroid dienone is 11. The molecule has 0 N–H and O–H groups in total. The molecule has 64 heavy (non-hydrogen) atoms. The molecule has 2 atom stereocenters. The number of hydrogen-bond acceptors (Lipinski definition) is 2. The fourth-order valence-electron chi connectivity index (χ4n) is 10.6. The molecule has 0 amide bonds. The Balaban J connectivity index is 1.14. The van der Waals surface area contributed by atoms with E-state index in [-0.39, 0.29) is 0 Å². The molecule has 4 aliphatic rings. The lowest BCUT2D eigenvalue weighted by atomic mass is 9.80. The molecule has 3 aliphatic carbocycles. The van der Waals surface area contributed by atoms with Crippen LogP contribution >= 0.6 is 0 Å². The summed E-state index contributed by atoms with van der Waals surface area (Å²) in [6.07, 6.45) is 25.9. The molecule has 4 heteroatoms. The minimum absolute atomic E-state index is 0.448. The van der Waals surface area contributed by atoms with E-state index >= 15 is 0 Å². The summed E-state index contributed by atoms with van der Waals surface area (Å²) in [4.78, 5) is 13.7. The summed E-state index contributed by atoms with van der Waals surface area (Å²) in [6, 6.07) is 41.8. The van der Waals surface area contributed by atoms with E-state index in [1.807, 2.05) is 0 Å². The van der Waals surface area contributed by atoms with Crippen LogP contribution in [0.3, 0.4) is 0 Å². The van der Waals surface area contributed by atoms with Crippen molar-refractivity contribution in [2.75, 3.05) is 4.90 Å². The molecule has 318 valence electrons. The number of anilines is 1. The van der Waals surface area contributed by atoms with E-state index in [9.17, 15) is 0 Å². The van der Waals surface area contributed by atoms with E-state index in [1.54, 1.807) is 5.57 Å². The Bertz CT molecular complexity index is 3060. The molecule has 2 unspecified atom stereocenters. The number of benzene rings is 5. The zero-order valence-electron chi connectivity index (χ0n) is 38.0. The summed E-state index contributed by atoms with van der Waals surface area (Å²) in [7, 11) is 0. The number of nitrogens with zero attached hydrogens (tertiary/aromatic N) is 4. The quantitative estimate of drug-likeness (QED) is 0.0999. The minimum atomic E-state index is 0.448. The fourth-order valence-corrected chi connectivity index (χ4v) is 10.6. The maximum atomic E-state index is 5.68. The van der Waals surface area contributed by atoms with Crippen molar-refractivity contribution >= 4 is 50.4 Å². The van der Waals surface area contributed by atoms with Gasteiger partial charge in [-0.3, -0.25) is 4.57 Å². The van der Waals surface area contributed by atoms with Crippen molar-refractivity contribution in [3.8, 4) is 11.1 Å². The minimum Gasteiger partial charge on any atom is -0.314 e. The standard InChI is InChI=1S/C60H58N4/c1-6-19-45-24-17-21-40(3)58(45)49-37-38-53-52-29-13-16-32-56(52)64(59(53)41(49)4)57(20-7-2)62-60(46-35-33-44(34-36-46)43-22-9-8-10-23-43)61-42(5)47-25-18-26-48(39-47)63-54-30-14-11-27-50(54)51-28-12-15-31-55(51)63/h8-11,13-18,20,22-26,29-40,50H,6-7,12,19,21,27-28H2,1-5H3/b57-20-,61-42?,62-60?. The summed E-state index contributed by atoms with van der Waals surface area (Å²) in [5.74, 6) is 2.46. The number of aromatic nitrogens is 1. The summed E-state index contributed by atoms with van der Waals surface area (Å²) in [5, 5.41) is 2.47. The smallest absolute Gasteiger partial charge is 0.161 e. The molecule has 5 aromatic carbocycles. The van der Waals surface area contributed by atoms with Gasteiger partial charge in [0.15, 0.2) is 5.84 Å². The van der Waals surface area contributed by atoms with Gasteiger partial charge in [-0.25, -0.2) is 9.98 Å². The van der Waals surface area contributed by atoms with Gasteiger partial charge in [0.25, 0.3) is 0 Å². The van der Waals surface area contributed by atoms with Crippen molar-refractivity contribution in [1.29, 1.82) is 0 Å². The number of amidine groups is 1. The van der Waals surface area contributed by atoms with E-state index in [1.165, 1.54) is 61.2 Å². The van der Waals surface area contributed by atoms with Gasteiger partial charge in [-0.2, -0.15) is 0 Å². The Hall–Kier alpha value is -6.78. The molecule has 2 heterocycles. The lowest BCUT2D eigenvalue weighted by molar-refractivity contribution is 0.695. The van der Waals surface area contributed by atoms with E-state index in [4.69, 9.17) is 9.98 Å². The molecule has 10 rings (SSSR count). The van der Waals surface area contributed by atoms with Crippen molar-refractivity contribution in [3.05, 3.63) is 209 Å². The number of fused-ring (bicyclic) bond motifs is 5. The van der Waals surface area contributed by atoms with E-state index in [0.29, 0.717) is 17.7 Å². The Morgan fingerprint density at radius 3 is 2.41 bits per heavy atom. The Morgan fingerprint density at radius 1 is 0.766 bits per heavy atom. The van der Waals surface area contributed by atoms with Crippen molar-refractivity contribution in [1.82, 2.24) is 4.57 Å². The molecule has 0 saturated carbocycles. The summed E-state index contributed by atoms with van der Waals surface area (Å²) in [6.45, 7) is 11.3. The SMILES string of the molecule is CC/C=C(/N=C(N=C(C)c1cccc(N2C3=CC=CCC3C3=C2C=CCC3)c1)c1ccc(-c2ccccc2)cc1)n1c2ccccc2c2ccc(C3=C(CCC)C=CCC3C)c(C)c21. The molecule has 6 aromatic rings. The highest BCUT2D eigenvalue weighted by molar-refractivity contribution is 6.15. The highest BCUT2D eigenvalue weighted by Gasteiger charge is 2.36. The number of hydrogen-bond donors (Lipinski definition) is 0. The molecule has 0 saturated heterocycles. The number of rotatable bonds is 10. The zero-order chi connectivity index (χ0) is 43.7. The van der Waals surface area contributed by atoms with Crippen LogP contribution in [0.25, 0.3) is 44.3 Å². The first-order valence-electron chi connectivity index (χ1n) is 23.5. The van der Waals surface area contributed by atoms with Crippen LogP contribution in [0, 0.1) is 18.8 Å². The van der Waals surface area contributed by atoms with Crippen molar-refractivity contribution in [3.63, 3.8) is 0 Å². The second kappa shape index (κ2) is 17.8. The normalized spacial score (nSPS) is 19.0. The molecule has 1 aromatic heterocycles. The molecular formula is C60H58N4. The molecule has 0 spiro atoms. The van der Waals surface area contributed by atoms with Gasteiger partial charge in [0.05, 0.1) is 11.0 Å². The van der Waals surface area contributed by atoms with Gasteiger partial charge < -0.3 is 4.90 Å². The first kappa shape index (κ1) is 41.2. The molecule has 0 radical (unpaired) electrons. The van der Waals surface area contributed by atoms with Gasteiger partial charge in [-0.1, -0.05) is 155 Å². The number of aryl methyl sites for hydroxylation is 1. The highest BCUT2D eigenvalue weighted by Crippen LogP contribution is 2.48. The predicted molar refractivity (Wildman–Crippen MR) is 274 cm³/mol. The largest absolute Gasteiger partial charge is 0.314 e. The fraction of sp³-hybridized carbons (Fsp3) is 0.233. The third-order valence-electron chi connectivity index (χ3n) is 13.7. The lowest BCUT2D eigenvalue weighted by Crippen LogP contribution is -2.19. The second-order valence-electron chi connectivity index (χ2n) is 17.8. The Labute approximate surface area is 379 Å². The van der Waals surface area contributed by atoms with Crippen LogP contribution in [0.4, 0.5) is 5.69 Å². The van der Waals surface area contributed by atoms with Crippen LogP contribution in [0.5, 0.6) is 0 Å². The van der Waals surface area contributed by atoms with Gasteiger partial charge in [0.2, 0.25) is 0 Å². The predicted octanol–water partition coefficient (Wildman–Crippen LogP) is 16.0. The molecular weight excluding hydrogens is 777 g/mol. The average Bonchev–Trinajstić information content (AvgIpc) is 3.86. The zero-order valence-corrected chi connectivity index (χ0v) is 38.0. The van der Waals surface area contributed by atoms with Crippen LogP contribution in [-0.2, 0) is 0 Å². The summed E-state index contributed by atoms with van der Waals surface area (Å²) in [5.41, 5.74) is 18.7. The van der Waals surface area contributed by atoms with Gasteiger partial charge in [-0.05, 0) is 139 Å². The Kier molecular flexibility index (Phi) is 11.5. The monoisotopic (exact) mass is 834 g/mol. The van der Waals surface area contributed by atoms with Crippen LogP contribution in [-0.4, -0.2) is 16.1 Å². The first-order chi connectivity index (χ1) is 31.4. The van der Waals surface area contributed by atoms with Gasteiger partial charge in [0, 0.05) is 45.0 Å². The van der Waals surface area contributed by atoms with Crippen LogP contribution in [0.1, 0.15) is 94.9 Å². The maximum absolute atomic E-state index is 5.68. The van der Waals surface area contributed by atoms with E-state index < -0.39 is 0 Å². The third kappa shape index (κ3) is 7.49. The third-order valence-corrected chi connectivity index (χ3v) is 13.7. The van der Waals surface area contributed by atoms with Crippen LogP contribution in [0.15, 0.2) is 196 Å². The van der Waals surface area contributed by atoms with Crippen LogP contribution < -0.4 is 4.90 Å². The second-order valence-corrected chi connectivity index (χ2v) is 17.8. The average molecular weight is 835 g/mol. The van der Waals surface area contributed by atoms with Crippen molar-refractivity contribution in [2.24, 2.45) is 21.8 Å². The summed E-state index contributed by atoms with van der Waals surface area (Å²) < 4.78 is 2.42. The number of para-hydroxylation sites is 1. The molecule has 1 aliphatic heterocycles. The Morgan fingerprint density at radius 2 is 1.58 bits per heavy atom. The molecule has 0 bridgehead atoms. The van der Waals surface area contributed by atoms with Gasteiger partial charge >= 0.3 is 0 Å². The van der Waals surface area contributed by atoms with E-state index in [2.05, 4.69) is 208 Å². The lowest BCUT2D eigenvalue weighted by Gasteiger charge is -2.26. The van der Waals surface area contributed by atoms with E-state index in [0.717, 1.165) is 78.7 Å². The van der Waals surface area contributed by atoms with Crippen molar-refractivity contribution < 1.29 is 0 Å². The first-order valence-corrected chi connectivity index (χ1v) is 23.5. The summed E-state index contributed by atoms with van der Waals surface area (Å²) >= 11 is 0. The van der Waals surface area contributed by atoms with Crippen molar-refractivity contribution in [2.45, 2.75) is 79.6 Å². The topological polar surface area (TPSA) is 32.9 Å². The molecule has 0 fully saturated rings. The van der Waals surface area contributed by atoms with Gasteiger partial charge in [-0.15, -0.1) is 0 Å². The maximum Gasteiger partial charge on any atom is 0.161 e. The van der Waals surface area contributed by atoms with Crippen LogP contribution in [0.2, 0.25) is 0 Å². The molecule has 4 nitrogen and oxygen atoms in total. The number of aliphatic imine (C=N–C) groups is 2.